The lowest BCUT2D eigenvalue weighted by molar-refractivity contribution is -0.121. The second-order valence-electron chi connectivity index (χ2n) is 11.1. The zero-order valence-electron chi connectivity index (χ0n) is 27.1. The Kier molecular flexibility index (Phi) is 12.2. The van der Waals surface area contributed by atoms with Gasteiger partial charge >= 0.3 is 0 Å². The molecule has 14 heteroatoms. The summed E-state index contributed by atoms with van der Waals surface area (Å²) in [6, 6.07) is 33.6. The van der Waals surface area contributed by atoms with Crippen LogP contribution in [0.2, 0.25) is 5.02 Å². The van der Waals surface area contributed by atoms with Gasteiger partial charge in [-0.05, 0) is 78.2 Å². The van der Waals surface area contributed by atoms with Crippen LogP contribution < -0.4 is 10.2 Å². The SMILES string of the molecule is COc1ccc(S(=O)(=O)N(CCc2ccccc2)CC(=O)N/N=C\c2ccc(CN(Cc3ccccc3)S(=O)(=O)c3ccc(Cl)cc3)o2)cc1. The summed E-state index contributed by atoms with van der Waals surface area (Å²) in [6.45, 7) is -0.430. The van der Waals surface area contributed by atoms with Crippen molar-refractivity contribution in [1.82, 2.24) is 14.0 Å². The van der Waals surface area contributed by atoms with E-state index in [1.54, 1.807) is 12.1 Å². The van der Waals surface area contributed by atoms with E-state index < -0.39 is 32.5 Å². The van der Waals surface area contributed by atoms with Gasteiger partial charge in [0, 0.05) is 18.1 Å². The van der Waals surface area contributed by atoms with Crippen molar-refractivity contribution in [2.75, 3.05) is 20.2 Å². The number of nitrogens with zero attached hydrogens (tertiary/aromatic N) is 3. The number of methoxy groups -OCH3 is 1. The van der Waals surface area contributed by atoms with E-state index in [9.17, 15) is 21.6 Å². The van der Waals surface area contributed by atoms with Gasteiger partial charge in [0.25, 0.3) is 5.91 Å². The Bertz CT molecular complexity index is 2110. The zero-order chi connectivity index (χ0) is 35.6. The van der Waals surface area contributed by atoms with Gasteiger partial charge in [0.1, 0.15) is 17.3 Å². The number of halogens is 1. The van der Waals surface area contributed by atoms with Crippen LogP contribution in [0.5, 0.6) is 5.75 Å². The normalized spacial score (nSPS) is 12.1. The second kappa shape index (κ2) is 16.7. The fourth-order valence-electron chi connectivity index (χ4n) is 4.93. The van der Waals surface area contributed by atoms with Crippen LogP contribution in [-0.2, 0) is 44.4 Å². The minimum atomic E-state index is -4.05. The maximum Gasteiger partial charge on any atom is 0.255 e. The molecule has 1 aromatic heterocycles. The monoisotopic (exact) mass is 734 g/mol. The number of ether oxygens (including phenoxy) is 1. The molecule has 0 unspecified atom stereocenters. The molecule has 11 nitrogen and oxygen atoms in total. The number of sulfonamides is 2. The molecule has 5 rings (SSSR count). The predicted octanol–water partition coefficient (Wildman–Crippen LogP) is 5.72. The van der Waals surface area contributed by atoms with Gasteiger partial charge in [-0.15, -0.1) is 0 Å². The van der Waals surface area contributed by atoms with Crippen molar-refractivity contribution in [2.45, 2.75) is 29.3 Å². The number of nitrogens with one attached hydrogen (secondary N) is 1. The first-order valence-electron chi connectivity index (χ1n) is 15.4. The number of benzene rings is 4. The highest BCUT2D eigenvalue weighted by Crippen LogP contribution is 2.24. The number of carbonyl (C=O) groups is 1. The summed E-state index contributed by atoms with van der Waals surface area (Å²) in [5, 5.41) is 4.37. The summed E-state index contributed by atoms with van der Waals surface area (Å²) in [4.78, 5) is 13.1. The smallest absolute Gasteiger partial charge is 0.255 e. The zero-order valence-corrected chi connectivity index (χ0v) is 29.4. The van der Waals surface area contributed by atoms with Crippen LogP contribution in [0.25, 0.3) is 0 Å². The molecule has 4 aromatic carbocycles. The lowest BCUT2D eigenvalue weighted by Gasteiger charge is -2.21. The first-order valence-corrected chi connectivity index (χ1v) is 18.7. The van der Waals surface area contributed by atoms with Crippen molar-refractivity contribution in [2.24, 2.45) is 5.10 Å². The minimum Gasteiger partial charge on any atom is -0.497 e. The Labute approximate surface area is 296 Å². The van der Waals surface area contributed by atoms with Gasteiger partial charge < -0.3 is 9.15 Å². The van der Waals surface area contributed by atoms with Gasteiger partial charge in [0.15, 0.2) is 0 Å². The van der Waals surface area contributed by atoms with E-state index in [2.05, 4.69) is 10.5 Å². The molecule has 1 amide bonds. The van der Waals surface area contributed by atoms with E-state index in [4.69, 9.17) is 20.8 Å². The number of rotatable bonds is 16. The molecule has 0 saturated carbocycles. The van der Waals surface area contributed by atoms with Crippen LogP contribution in [-0.4, -0.2) is 57.8 Å². The second-order valence-corrected chi connectivity index (χ2v) is 15.4. The molecule has 0 aliphatic heterocycles. The molecule has 0 spiro atoms. The lowest BCUT2D eigenvalue weighted by atomic mass is 10.1. The van der Waals surface area contributed by atoms with Crippen LogP contribution >= 0.6 is 11.6 Å². The van der Waals surface area contributed by atoms with Crippen LogP contribution in [0.4, 0.5) is 0 Å². The lowest BCUT2D eigenvalue weighted by Crippen LogP contribution is -2.40. The van der Waals surface area contributed by atoms with Crippen molar-refractivity contribution in [3.63, 3.8) is 0 Å². The molecule has 0 atom stereocenters. The fraction of sp³-hybridized carbons (Fsp3) is 0.167. The summed E-state index contributed by atoms with van der Waals surface area (Å²) in [6.07, 6.45) is 1.64. The van der Waals surface area contributed by atoms with E-state index in [1.165, 1.54) is 66.2 Å². The highest BCUT2D eigenvalue weighted by molar-refractivity contribution is 7.89. The van der Waals surface area contributed by atoms with Crippen LogP contribution in [0.1, 0.15) is 22.6 Å². The van der Waals surface area contributed by atoms with Crippen molar-refractivity contribution >= 4 is 43.8 Å². The van der Waals surface area contributed by atoms with Gasteiger partial charge in [-0.25, -0.2) is 22.3 Å². The van der Waals surface area contributed by atoms with Crippen LogP contribution in [0.3, 0.4) is 0 Å². The first kappa shape index (κ1) is 36.5. The number of amides is 1. The Balaban J connectivity index is 1.27. The van der Waals surface area contributed by atoms with E-state index in [1.807, 2.05) is 60.7 Å². The molecule has 50 heavy (non-hydrogen) atoms. The molecular formula is C36H35ClN4O7S2. The van der Waals surface area contributed by atoms with E-state index in [-0.39, 0.29) is 35.2 Å². The quantitative estimate of drug-likeness (QED) is 0.101. The Hall–Kier alpha value is -4.79. The molecular weight excluding hydrogens is 700 g/mol. The van der Waals surface area contributed by atoms with Gasteiger partial charge in [0.2, 0.25) is 20.0 Å². The summed E-state index contributed by atoms with van der Waals surface area (Å²) in [5.41, 5.74) is 4.06. The number of hydrazone groups is 1. The molecule has 0 aliphatic carbocycles. The van der Waals surface area contributed by atoms with Gasteiger partial charge in [-0.1, -0.05) is 72.3 Å². The predicted molar refractivity (Wildman–Crippen MR) is 191 cm³/mol. The molecule has 1 heterocycles. The molecule has 0 saturated heterocycles. The molecule has 0 aliphatic rings. The van der Waals surface area contributed by atoms with Crippen molar-refractivity contribution in [1.29, 1.82) is 0 Å². The molecule has 0 bridgehead atoms. The Morgan fingerprint density at radius 1 is 0.760 bits per heavy atom. The summed E-state index contributed by atoms with van der Waals surface area (Å²) in [7, 11) is -6.50. The van der Waals surface area contributed by atoms with Crippen molar-refractivity contribution in [3.05, 3.63) is 149 Å². The van der Waals surface area contributed by atoms with E-state index >= 15 is 0 Å². The van der Waals surface area contributed by atoms with Gasteiger partial charge in [0.05, 0.1) is 36.2 Å². The molecule has 0 fully saturated rings. The third-order valence-electron chi connectivity index (χ3n) is 7.56. The Morgan fingerprint density at radius 2 is 1.34 bits per heavy atom. The van der Waals surface area contributed by atoms with Crippen molar-refractivity contribution < 1.29 is 30.8 Å². The van der Waals surface area contributed by atoms with Crippen LogP contribution in [0, 0.1) is 0 Å². The fourth-order valence-corrected chi connectivity index (χ4v) is 7.85. The largest absolute Gasteiger partial charge is 0.497 e. The topological polar surface area (TPSA) is 139 Å². The third-order valence-corrected chi connectivity index (χ3v) is 11.5. The minimum absolute atomic E-state index is 0.0187. The maximum absolute atomic E-state index is 13.6. The molecule has 1 N–H and O–H groups in total. The average Bonchev–Trinajstić information content (AvgIpc) is 3.57. The summed E-state index contributed by atoms with van der Waals surface area (Å²) < 4.78 is 67.8. The van der Waals surface area contributed by atoms with E-state index in [0.29, 0.717) is 23.0 Å². The number of hydrogen-bond acceptors (Lipinski definition) is 8. The molecule has 260 valence electrons. The highest BCUT2D eigenvalue weighted by atomic mass is 35.5. The number of hydrogen-bond donors (Lipinski definition) is 1. The summed E-state index contributed by atoms with van der Waals surface area (Å²) >= 11 is 5.99. The van der Waals surface area contributed by atoms with Gasteiger partial charge in [-0.2, -0.15) is 13.7 Å². The number of furan rings is 1. The van der Waals surface area contributed by atoms with Crippen molar-refractivity contribution in [3.8, 4) is 5.75 Å². The third kappa shape index (κ3) is 9.67. The Morgan fingerprint density at radius 3 is 1.96 bits per heavy atom. The number of carbonyl (C=O) groups excluding carboxylic acids is 1. The summed E-state index contributed by atoms with van der Waals surface area (Å²) in [5.74, 6) is 0.417. The average molecular weight is 735 g/mol. The van der Waals surface area contributed by atoms with Gasteiger partial charge in [-0.3, -0.25) is 4.79 Å². The standard InChI is InChI=1S/C36H35ClN4O7S2/c1-47-31-16-20-35(21-17-31)49(43,44)40(23-22-28-8-4-2-5-9-28)27-36(42)39-38-24-32-14-15-33(48-32)26-41(25-29-10-6-3-7-11-29)50(45,46)34-18-12-30(37)13-19-34/h2-21,24H,22-23,25-27H2,1H3,(H,39,42)/b38-24-. The first-order chi connectivity index (χ1) is 24.0. The van der Waals surface area contributed by atoms with Crippen LogP contribution in [0.15, 0.2) is 141 Å². The highest BCUT2D eigenvalue weighted by Gasteiger charge is 2.28. The molecule has 0 radical (unpaired) electrons. The molecule has 5 aromatic rings. The van der Waals surface area contributed by atoms with E-state index in [0.717, 1.165) is 15.4 Å². The maximum atomic E-state index is 13.6.